The van der Waals surface area contributed by atoms with Crippen LogP contribution in [0.5, 0.6) is 5.75 Å². The molecule has 0 aliphatic rings. The molecule has 3 nitrogen and oxygen atoms in total. The number of Topliss-reactive ketones (excluding diaryl/α,β-unsaturated/α-hetero) is 1. The van der Waals surface area contributed by atoms with Crippen molar-refractivity contribution >= 4 is 5.78 Å². The first-order valence-electron chi connectivity index (χ1n) is 10.1. The van der Waals surface area contributed by atoms with E-state index in [1.807, 2.05) is 36.4 Å². The second-order valence-corrected chi connectivity index (χ2v) is 7.14. The van der Waals surface area contributed by atoms with E-state index >= 15 is 0 Å². The van der Waals surface area contributed by atoms with Crippen LogP contribution in [-0.2, 0) is 4.74 Å². The molecule has 0 N–H and O–H groups in total. The van der Waals surface area contributed by atoms with Gasteiger partial charge in [-0.05, 0) is 60.6 Å². The molecule has 0 atom stereocenters. The van der Waals surface area contributed by atoms with Gasteiger partial charge >= 0.3 is 0 Å². The molecule has 0 aliphatic carbocycles. The maximum absolute atomic E-state index is 11.4. The SMILES string of the molecule is COCCCCCOc1ccc(-c2ccc(-c3ccc(C(C)=O)cc3)cc2)cc1. The van der Waals surface area contributed by atoms with Crippen molar-refractivity contribution in [3.63, 3.8) is 0 Å². The third-order valence-corrected chi connectivity index (χ3v) is 4.96. The third kappa shape index (κ3) is 6.03. The molecule has 3 rings (SSSR count). The predicted octanol–water partition coefficient (Wildman–Crippen LogP) is 6.42. The van der Waals surface area contributed by atoms with Gasteiger partial charge in [-0.25, -0.2) is 0 Å². The topological polar surface area (TPSA) is 35.5 Å². The van der Waals surface area contributed by atoms with Crippen LogP contribution in [0, 0.1) is 0 Å². The maximum atomic E-state index is 11.4. The van der Waals surface area contributed by atoms with Crippen molar-refractivity contribution in [3.8, 4) is 28.0 Å². The fourth-order valence-corrected chi connectivity index (χ4v) is 3.21. The van der Waals surface area contributed by atoms with Crippen LogP contribution < -0.4 is 4.74 Å². The number of hydrogen-bond acceptors (Lipinski definition) is 3. The zero-order chi connectivity index (χ0) is 20.5. The molecular weight excluding hydrogens is 360 g/mol. The maximum Gasteiger partial charge on any atom is 0.159 e. The van der Waals surface area contributed by atoms with Crippen LogP contribution in [0.25, 0.3) is 22.3 Å². The van der Waals surface area contributed by atoms with E-state index in [2.05, 4.69) is 36.4 Å². The Morgan fingerprint density at radius 3 is 1.59 bits per heavy atom. The molecule has 0 unspecified atom stereocenters. The van der Waals surface area contributed by atoms with Crippen LogP contribution in [-0.4, -0.2) is 26.1 Å². The summed E-state index contributed by atoms with van der Waals surface area (Å²) < 4.78 is 10.9. The average molecular weight is 389 g/mol. The van der Waals surface area contributed by atoms with Gasteiger partial charge in [-0.3, -0.25) is 4.79 Å². The van der Waals surface area contributed by atoms with Gasteiger partial charge in [-0.2, -0.15) is 0 Å². The van der Waals surface area contributed by atoms with E-state index in [0.29, 0.717) is 0 Å². The first-order chi connectivity index (χ1) is 14.2. The van der Waals surface area contributed by atoms with Crippen molar-refractivity contribution in [2.24, 2.45) is 0 Å². The smallest absolute Gasteiger partial charge is 0.159 e. The summed E-state index contributed by atoms with van der Waals surface area (Å²) in [5.74, 6) is 0.994. The highest BCUT2D eigenvalue weighted by atomic mass is 16.5. The van der Waals surface area contributed by atoms with Gasteiger partial charge in [0.15, 0.2) is 5.78 Å². The highest BCUT2D eigenvalue weighted by Crippen LogP contribution is 2.26. The lowest BCUT2D eigenvalue weighted by molar-refractivity contribution is 0.101. The van der Waals surface area contributed by atoms with E-state index in [9.17, 15) is 4.79 Å². The standard InChI is InChI=1S/C26H28O3/c1-20(27)21-6-8-22(9-7-21)23-10-12-24(13-11-23)25-14-16-26(17-15-25)29-19-5-3-4-18-28-2/h6-17H,3-5,18-19H2,1-2H3. The number of carbonyl (C=O) groups is 1. The number of ketones is 1. The minimum atomic E-state index is 0.0883. The van der Waals surface area contributed by atoms with Gasteiger partial charge in [0.25, 0.3) is 0 Å². The quantitative estimate of drug-likeness (QED) is 0.297. The molecule has 0 saturated heterocycles. The van der Waals surface area contributed by atoms with E-state index in [1.54, 1.807) is 14.0 Å². The zero-order valence-electron chi connectivity index (χ0n) is 17.2. The summed E-state index contributed by atoms with van der Waals surface area (Å²) in [7, 11) is 1.73. The lowest BCUT2D eigenvalue weighted by Crippen LogP contribution is -1.98. The molecule has 0 radical (unpaired) electrons. The van der Waals surface area contributed by atoms with E-state index in [-0.39, 0.29) is 5.78 Å². The van der Waals surface area contributed by atoms with E-state index < -0.39 is 0 Å². The summed E-state index contributed by atoms with van der Waals surface area (Å²) >= 11 is 0. The number of methoxy groups -OCH3 is 1. The monoisotopic (exact) mass is 388 g/mol. The Labute approximate surface area is 173 Å². The molecule has 29 heavy (non-hydrogen) atoms. The molecule has 150 valence electrons. The van der Waals surface area contributed by atoms with Crippen LogP contribution in [0.1, 0.15) is 36.5 Å². The Kier molecular flexibility index (Phi) is 7.60. The van der Waals surface area contributed by atoms with E-state index in [1.165, 1.54) is 5.56 Å². The summed E-state index contributed by atoms with van der Waals surface area (Å²) in [6.07, 6.45) is 3.24. The Morgan fingerprint density at radius 1 is 0.655 bits per heavy atom. The molecule has 3 heteroatoms. The number of rotatable bonds is 10. The molecule has 0 heterocycles. The summed E-state index contributed by atoms with van der Waals surface area (Å²) in [4.78, 5) is 11.4. The molecule has 0 fully saturated rings. The van der Waals surface area contributed by atoms with Crippen molar-refractivity contribution in [3.05, 3.63) is 78.4 Å². The van der Waals surface area contributed by atoms with E-state index in [0.717, 1.165) is 60.5 Å². The summed E-state index contributed by atoms with van der Waals surface area (Å²) in [6, 6.07) is 24.5. The number of hydrogen-bond donors (Lipinski definition) is 0. The fraction of sp³-hybridized carbons (Fsp3) is 0.269. The van der Waals surface area contributed by atoms with Gasteiger partial charge in [0, 0.05) is 19.3 Å². The van der Waals surface area contributed by atoms with Crippen molar-refractivity contribution in [2.75, 3.05) is 20.3 Å². The average Bonchev–Trinajstić information content (AvgIpc) is 2.77. The molecule has 0 bridgehead atoms. The number of carbonyl (C=O) groups excluding carboxylic acids is 1. The second-order valence-electron chi connectivity index (χ2n) is 7.14. The molecule has 3 aromatic rings. The highest BCUT2D eigenvalue weighted by Gasteiger charge is 2.03. The first-order valence-corrected chi connectivity index (χ1v) is 10.1. The van der Waals surface area contributed by atoms with Gasteiger partial charge in [0.1, 0.15) is 5.75 Å². The van der Waals surface area contributed by atoms with Crippen LogP contribution in [0.3, 0.4) is 0 Å². The first kappa shape index (κ1) is 20.8. The van der Waals surface area contributed by atoms with Crippen LogP contribution in [0.15, 0.2) is 72.8 Å². The molecule has 0 saturated carbocycles. The molecule has 0 amide bonds. The number of benzene rings is 3. The second kappa shape index (κ2) is 10.6. The van der Waals surface area contributed by atoms with Gasteiger partial charge in [-0.15, -0.1) is 0 Å². The zero-order valence-corrected chi connectivity index (χ0v) is 17.2. The van der Waals surface area contributed by atoms with Gasteiger partial charge in [0.05, 0.1) is 6.61 Å². The molecular formula is C26H28O3. The van der Waals surface area contributed by atoms with Gasteiger partial charge in [0.2, 0.25) is 0 Å². The van der Waals surface area contributed by atoms with Crippen LogP contribution in [0.4, 0.5) is 0 Å². The lowest BCUT2D eigenvalue weighted by Gasteiger charge is -2.08. The van der Waals surface area contributed by atoms with Crippen molar-refractivity contribution in [1.82, 2.24) is 0 Å². The largest absolute Gasteiger partial charge is 0.494 e. The Balaban J connectivity index is 1.57. The van der Waals surface area contributed by atoms with Gasteiger partial charge < -0.3 is 9.47 Å². The van der Waals surface area contributed by atoms with Gasteiger partial charge in [-0.1, -0.05) is 60.7 Å². The normalized spacial score (nSPS) is 10.7. The van der Waals surface area contributed by atoms with Crippen molar-refractivity contribution in [1.29, 1.82) is 0 Å². The molecule has 0 spiro atoms. The predicted molar refractivity (Wildman–Crippen MR) is 119 cm³/mol. The van der Waals surface area contributed by atoms with Crippen molar-refractivity contribution < 1.29 is 14.3 Å². The number of unbranched alkanes of at least 4 members (excludes halogenated alkanes) is 2. The molecule has 0 aromatic heterocycles. The Hall–Kier alpha value is -2.91. The molecule has 0 aliphatic heterocycles. The highest BCUT2D eigenvalue weighted by molar-refractivity contribution is 5.94. The molecule has 3 aromatic carbocycles. The van der Waals surface area contributed by atoms with E-state index in [4.69, 9.17) is 9.47 Å². The van der Waals surface area contributed by atoms with Crippen LogP contribution in [0.2, 0.25) is 0 Å². The Morgan fingerprint density at radius 2 is 1.10 bits per heavy atom. The fourth-order valence-electron chi connectivity index (χ4n) is 3.21. The van der Waals surface area contributed by atoms with Crippen molar-refractivity contribution in [2.45, 2.75) is 26.2 Å². The lowest BCUT2D eigenvalue weighted by atomic mass is 9.99. The minimum Gasteiger partial charge on any atom is -0.494 e. The Bertz CT molecular complexity index is 894. The number of ether oxygens (including phenoxy) is 2. The minimum absolute atomic E-state index is 0.0883. The summed E-state index contributed by atoms with van der Waals surface area (Å²) in [5.41, 5.74) is 5.31. The van der Waals surface area contributed by atoms with Crippen LogP contribution >= 0.6 is 0 Å². The summed E-state index contributed by atoms with van der Waals surface area (Å²) in [6.45, 7) is 3.14. The third-order valence-electron chi connectivity index (χ3n) is 4.96. The summed E-state index contributed by atoms with van der Waals surface area (Å²) in [5, 5.41) is 0.